The van der Waals surface area contributed by atoms with E-state index < -0.39 is 5.97 Å². The molecule has 0 aliphatic heterocycles. The van der Waals surface area contributed by atoms with Gasteiger partial charge in [0.05, 0.1) is 5.75 Å². The minimum atomic E-state index is -0.904. The Bertz CT molecular complexity index is 1530. The van der Waals surface area contributed by atoms with E-state index in [0.717, 1.165) is 50.8 Å². The smallest absolute Gasteiger partial charge is 0.313 e. The van der Waals surface area contributed by atoms with Gasteiger partial charge in [-0.25, -0.2) is 4.98 Å². The summed E-state index contributed by atoms with van der Waals surface area (Å²) in [5.41, 5.74) is 7.19. The van der Waals surface area contributed by atoms with Gasteiger partial charge in [-0.2, -0.15) is 0 Å². The predicted molar refractivity (Wildman–Crippen MR) is 147 cm³/mol. The van der Waals surface area contributed by atoms with Crippen molar-refractivity contribution in [2.24, 2.45) is 0 Å². The minimum absolute atomic E-state index is 0.0893. The van der Waals surface area contributed by atoms with E-state index in [1.54, 1.807) is 0 Å². The fourth-order valence-electron chi connectivity index (χ4n) is 3.83. The Kier molecular flexibility index (Phi) is 7.80. The van der Waals surface area contributed by atoms with Crippen LogP contribution in [0.1, 0.15) is 25.1 Å². The molecule has 2 heterocycles. The largest absolute Gasteiger partial charge is 0.481 e. The maximum Gasteiger partial charge on any atom is 0.313 e. The zero-order chi connectivity index (χ0) is 25.7. The zero-order valence-corrected chi connectivity index (χ0v) is 21.6. The van der Waals surface area contributed by atoms with Crippen molar-refractivity contribution < 1.29 is 9.90 Å². The number of nitrogens with one attached hydrogen (secondary N) is 1. The number of carboxylic acids is 1. The van der Waals surface area contributed by atoms with Gasteiger partial charge in [0.15, 0.2) is 5.82 Å². The number of hydrogen-bond donors (Lipinski definition) is 2. The van der Waals surface area contributed by atoms with Crippen LogP contribution in [0.5, 0.6) is 0 Å². The molecule has 0 radical (unpaired) electrons. The van der Waals surface area contributed by atoms with Crippen LogP contribution in [-0.2, 0) is 4.79 Å². The molecule has 5 aromatic rings. The van der Waals surface area contributed by atoms with Crippen LogP contribution in [0.4, 0.5) is 0 Å². The molecule has 0 atom stereocenters. The number of aliphatic carboxylic acids is 1. The highest BCUT2D eigenvalue weighted by Crippen LogP contribution is 2.33. The highest BCUT2D eigenvalue weighted by atomic mass is 32.2. The predicted octanol–water partition coefficient (Wildman–Crippen LogP) is 7.17. The van der Waals surface area contributed by atoms with Crippen LogP contribution in [0.2, 0.25) is 0 Å². The Morgan fingerprint density at radius 2 is 1.56 bits per heavy atom. The van der Waals surface area contributed by atoms with Gasteiger partial charge in [-0.3, -0.25) is 14.9 Å². The molecule has 0 amide bonds. The summed E-state index contributed by atoms with van der Waals surface area (Å²) in [6.45, 7) is 8.06. The summed E-state index contributed by atoms with van der Waals surface area (Å²) in [4.78, 5) is 20.0. The maximum atomic E-state index is 10.9. The van der Waals surface area contributed by atoms with Crippen molar-refractivity contribution in [3.63, 3.8) is 0 Å². The van der Waals surface area contributed by atoms with Crippen molar-refractivity contribution in [2.75, 3.05) is 5.75 Å². The summed E-state index contributed by atoms with van der Waals surface area (Å²) < 4.78 is 0. The van der Waals surface area contributed by atoms with E-state index in [4.69, 9.17) is 5.11 Å². The molecule has 5 rings (SSSR count). The van der Waals surface area contributed by atoms with Gasteiger partial charge in [0.2, 0.25) is 5.16 Å². The third-order valence-corrected chi connectivity index (χ3v) is 6.58. The number of benzene rings is 3. The van der Waals surface area contributed by atoms with Crippen molar-refractivity contribution in [1.29, 1.82) is 0 Å². The Labute approximate surface area is 214 Å². The van der Waals surface area contributed by atoms with E-state index in [1.165, 1.54) is 10.8 Å². The molecular formula is C29H28N4O2S. The third-order valence-electron chi connectivity index (χ3n) is 5.75. The van der Waals surface area contributed by atoms with E-state index in [0.29, 0.717) is 11.0 Å². The van der Waals surface area contributed by atoms with Gasteiger partial charge >= 0.3 is 5.97 Å². The number of fused-ring (bicyclic) bond motifs is 1. The van der Waals surface area contributed by atoms with Gasteiger partial charge in [-0.1, -0.05) is 62.0 Å². The van der Waals surface area contributed by atoms with Crippen LogP contribution < -0.4 is 0 Å². The van der Waals surface area contributed by atoms with E-state index in [9.17, 15) is 4.79 Å². The summed E-state index contributed by atoms with van der Waals surface area (Å²) in [5.74, 6) is -0.402. The average molecular weight is 497 g/mol. The summed E-state index contributed by atoms with van der Waals surface area (Å²) in [5, 5.41) is 18.9. The molecule has 3 aromatic carbocycles. The van der Waals surface area contributed by atoms with Crippen LogP contribution in [0, 0.1) is 13.8 Å². The molecule has 0 saturated heterocycles. The van der Waals surface area contributed by atoms with Gasteiger partial charge in [0.1, 0.15) is 0 Å². The molecule has 0 spiro atoms. The molecule has 0 aliphatic rings. The second kappa shape index (κ2) is 11.2. The molecular weight excluding hydrogens is 468 g/mol. The number of carboxylic acid groups (broad SMARTS) is 1. The quantitative estimate of drug-likeness (QED) is 0.242. The molecule has 182 valence electrons. The lowest BCUT2D eigenvalue weighted by atomic mass is 9.94. The first-order chi connectivity index (χ1) is 17.5. The first kappa shape index (κ1) is 25.1. The van der Waals surface area contributed by atoms with E-state index in [1.807, 2.05) is 39.1 Å². The van der Waals surface area contributed by atoms with Crippen LogP contribution in [0.3, 0.4) is 0 Å². The van der Waals surface area contributed by atoms with Crippen LogP contribution >= 0.6 is 11.8 Å². The number of pyridine rings is 1. The first-order valence-electron chi connectivity index (χ1n) is 11.8. The third kappa shape index (κ3) is 5.63. The topological polar surface area (TPSA) is 91.8 Å². The highest BCUT2D eigenvalue weighted by Gasteiger charge is 2.13. The van der Waals surface area contributed by atoms with Gasteiger partial charge in [0.25, 0.3) is 0 Å². The van der Waals surface area contributed by atoms with Gasteiger partial charge in [-0.05, 0) is 77.2 Å². The monoisotopic (exact) mass is 496 g/mol. The molecule has 0 saturated carbocycles. The number of aromatic nitrogens is 4. The fraction of sp³-hybridized carbons (Fsp3) is 0.172. The maximum absolute atomic E-state index is 10.9. The Hall–Kier alpha value is -3.97. The molecule has 0 aliphatic carbocycles. The van der Waals surface area contributed by atoms with E-state index in [-0.39, 0.29) is 5.75 Å². The standard InChI is InChI=1S/C27H22N4O2S.C2H6/c1-16-9-24(14-28-17(16)2)22-11-21(20-8-7-18-5-3-4-6-19(18)10-20)12-23(13-22)26-29-27(31-30-26)34-15-25(32)33;1-2/h3-14H,15H2,1-2H3,(H,32,33)(H,29,30,31);1-2H3. The second-order valence-electron chi connectivity index (χ2n) is 8.14. The van der Waals surface area contributed by atoms with Crippen molar-refractivity contribution in [3.05, 3.63) is 84.2 Å². The number of rotatable bonds is 6. The lowest BCUT2D eigenvalue weighted by Gasteiger charge is -2.11. The molecule has 0 fully saturated rings. The Morgan fingerprint density at radius 1 is 0.861 bits per heavy atom. The summed E-state index contributed by atoms with van der Waals surface area (Å²) in [6, 6.07) is 23.2. The van der Waals surface area contributed by atoms with Crippen LogP contribution in [0.25, 0.3) is 44.4 Å². The molecule has 7 heteroatoms. The highest BCUT2D eigenvalue weighted by molar-refractivity contribution is 7.99. The van der Waals surface area contributed by atoms with E-state index in [2.05, 4.69) is 81.7 Å². The average Bonchev–Trinajstić information content (AvgIpc) is 3.39. The molecule has 0 unspecified atom stereocenters. The normalized spacial score (nSPS) is 10.7. The van der Waals surface area contributed by atoms with Crippen LogP contribution in [-0.4, -0.2) is 37.0 Å². The molecule has 2 N–H and O–H groups in total. The molecule has 0 bridgehead atoms. The number of carbonyl (C=O) groups is 1. The lowest BCUT2D eigenvalue weighted by Crippen LogP contribution is -1.97. The van der Waals surface area contributed by atoms with Crippen molar-refractivity contribution in [2.45, 2.75) is 32.9 Å². The van der Waals surface area contributed by atoms with E-state index >= 15 is 0 Å². The number of nitrogens with zero attached hydrogens (tertiary/aromatic N) is 3. The van der Waals surface area contributed by atoms with Crippen LogP contribution in [0.15, 0.2) is 78.1 Å². The summed E-state index contributed by atoms with van der Waals surface area (Å²) >= 11 is 1.09. The zero-order valence-electron chi connectivity index (χ0n) is 20.7. The second-order valence-corrected chi connectivity index (χ2v) is 9.08. The van der Waals surface area contributed by atoms with Gasteiger partial charge < -0.3 is 5.11 Å². The Morgan fingerprint density at radius 3 is 2.28 bits per heavy atom. The van der Waals surface area contributed by atoms with Crippen molar-refractivity contribution >= 4 is 28.5 Å². The SMILES string of the molecule is CC.Cc1cc(-c2cc(-c3ccc4ccccc4c3)cc(-c3nc(SCC(=O)O)n[nH]3)c2)cnc1C. The number of aromatic amines is 1. The summed E-state index contributed by atoms with van der Waals surface area (Å²) in [7, 11) is 0. The number of hydrogen-bond acceptors (Lipinski definition) is 5. The molecule has 36 heavy (non-hydrogen) atoms. The number of aryl methyl sites for hydroxylation is 2. The van der Waals surface area contributed by atoms with Gasteiger partial charge in [-0.15, -0.1) is 5.10 Å². The lowest BCUT2D eigenvalue weighted by molar-refractivity contribution is -0.133. The Balaban J connectivity index is 0.00000148. The molecule has 2 aromatic heterocycles. The van der Waals surface area contributed by atoms with Crippen molar-refractivity contribution in [1.82, 2.24) is 20.2 Å². The molecule has 6 nitrogen and oxygen atoms in total. The first-order valence-corrected chi connectivity index (χ1v) is 12.8. The number of thioether (sulfide) groups is 1. The fourth-order valence-corrected chi connectivity index (χ4v) is 4.35. The van der Waals surface area contributed by atoms with Crippen molar-refractivity contribution in [3.8, 4) is 33.6 Å². The minimum Gasteiger partial charge on any atom is -0.481 e. The number of H-pyrrole nitrogens is 1. The van der Waals surface area contributed by atoms with Gasteiger partial charge in [0, 0.05) is 23.0 Å². The summed E-state index contributed by atoms with van der Waals surface area (Å²) in [6.07, 6.45) is 1.89.